The van der Waals surface area contributed by atoms with Crippen LogP contribution in [0, 0.1) is 19.8 Å². The van der Waals surface area contributed by atoms with Crippen LogP contribution in [0.3, 0.4) is 0 Å². The average Bonchev–Trinajstić information content (AvgIpc) is 3.05. The minimum atomic E-state index is -0.914. The zero-order valence-electron chi connectivity index (χ0n) is 12.8. The van der Waals surface area contributed by atoms with Gasteiger partial charge in [-0.05, 0) is 26.7 Å². The van der Waals surface area contributed by atoms with Crippen molar-refractivity contribution in [3.63, 3.8) is 0 Å². The molecular formula is C15H17N3O4S. The van der Waals surface area contributed by atoms with Crippen LogP contribution in [0.15, 0.2) is 11.0 Å². The third-order valence-corrected chi connectivity index (χ3v) is 5.48. The van der Waals surface area contributed by atoms with Gasteiger partial charge in [-0.1, -0.05) is 6.42 Å². The summed E-state index contributed by atoms with van der Waals surface area (Å²) >= 11 is 1.39. The van der Waals surface area contributed by atoms with Crippen molar-refractivity contribution in [2.75, 3.05) is 0 Å². The lowest BCUT2D eigenvalue weighted by Gasteiger charge is -2.17. The second-order valence-electron chi connectivity index (χ2n) is 5.79. The molecule has 122 valence electrons. The Hall–Kier alpha value is -2.22. The summed E-state index contributed by atoms with van der Waals surface area (Å²) in [6.07, 6.45) is 3.17. The maximum atomic E-state index is 12.5. The van der Waals surface area contributed by atoms with Gasteiger partial charge < -0.3 is 10.4 Å². The Morgan fingerprint density at radius 1 is 1.39 bits per heavy atom. The quantitative estimate of drug-likeness (QED) is 0.882. The minimum absolute atomic E-state index is 0.0561. The Morgan fingerprint density at radius 3 is 2.83 bits per heavy atom. The number of amides is 1. The Kier molecular flexibility index (Phi) is 3.93. The van der Waals surface area contributed by atoms with Crippen LogP contribution < -0.4 is 10.9 Å². The van der Waals surface area contributed by atoms with Gasteiger partial charge >= 0.3 is 5.97 Å². The third-order valence-electron chi connectivity index (χ3n) is 4.41. The van der Waals surface area contributed by atoms with Gasteiger partial charge in [0, 0.05) is 22.8 Å². The van der Waals surface area contributed by atoms with Crippen molar-refractivity contribution in [2.24, 2.45) is 5.92 Å². The Labute approximate surface area is 136 Å². The lowest BCUT2D eigenvalue weighted by Crippen LogP contribution is -2.42. The molecule has 0 saturated heterocycles. The summed E-state index contributed by atoms with van der Waals surface area (Å²) in [7, 11) is 0. The molecule has 2 aromatic heterocycles. The number of aryl methyl sites for hydroxylation is 2. The molecule has 1 saturated carbocycles. The summed E-state index contributed by atoms with van der Waals surface area (Å²) in [5, 5.41) is 11.9. The van der Waals surface area contributed by atoms with Gasteiger partial charge in [0.05, 0.1) is 5.92 Å². The van der Waals surface area contributed by atoms with Gasteiger partial charge in [-0.25, -0.2) is 4.98 Å². The van der Waals surface area contributed by atoms with Gasteiger partial charge in [0.1, 0.15) is 5.56 Å². The molecule has 0 bridgehead atoms. The van der Waals surface area contributed by atoms with E-state index < -0.39 is 29.4 Å². The van der Waals surface area contributed by atoms with Gasteiger partial charge in [0.2, 0.25) is 0 Å². The number of fused-ring (bicyclic) bond motifs is 1. The highest BCUT2D eigenvalue weighted by molar-refractivity contribution is 7.17. The van der Waals surface area contributed by atoms with Crippen LogP contribution in [0.4, 0.5) is 0 Å². The largest absolute Gasteiger partial charge is 0.481 e. The van der Waals surface area contributed by atoms with Crippen molar-refractivity contribution >= 4 is 28.2 Å². The second-order valence-corrected chi connectivity index (χ2v) is 6.98. The molecule has 2 N–H and O–H groups in total. The van der Waals surface area contributed by atoms with Crippen molar-refractivity contribution in [3.05, 3.63) is 32.7 Å². The van der Waals surface area contributed by atoms with Crippen molar-refractivity contribution in [1.29, 1.82) is 0 Å². The van der Waals surface area contributed by atoms with Gasteiger partial charge in [0.25, 0.3) is 11.5 Å². The van der Waals surface area contributed by atoms with Crippen LogP contribution in [0.1, 0.15) is 40.2 Å². The molecule has 1 aliphatic carbocycles. The number of aromatic nitrogens is 2. The van der Waals surface area contributed by atoms with Gasteiger partial charge in [-0.15, -0.1) is 11.3 Å². The van der Waals surface area contributed by atoms with Crippen LogP contribution >= 0.6 is 11.3 Å². The fourth-order valence-electron chi connectivity index (χ4n) is 3.01. The average molecular weight is 335 g/mol. The normalized spacial score (nSPS) is 20.8. The molecule has 1 fully saturated rings. The van der Waals surface area contributed by atoms with E-state index in [-0.39, 0.29) is 5.56 Å². The zero-order valence-corrected chi connectivity index (χ0v) is 13.6. The SMILES string of the molecule is Cc1sc2ncc(C(=O)N[C@@H]3CCC[C@@H]3C(=O)O)c(=O)n2c1C. The van der Waals surface area contributed by atoms with E-state index in [1.54, 1.807) is 6.92 Å². The number of thiazole rings is 1. The lowest BCUT2D eigenvalue weighted by molar-refractivity contribution is -0.142. The van der Waals surface area contributed by atoms with E-state index in [2.05, 4.69) is 10.3 Å². The number of nitrogens with one attached hydrogen (secondary N) is 1. The minimum Gasteiger partial charge on any atom is -0.481 e. The molecule has 2 atom stereocenters. The zero-order chi connectivity index (χ0) is 16.7. The molecular weight excluding hydrogens is 318 g/mol. The first-order valence-electron chi connectivity index (χ1n) is 7.41. The maximum absolute atomic E-state index is 12.5. The number of hydrogen-bond donors (Lipinski definition) is 2. The molecule has 1 aliphatic rings. The number of hydrogen-bond acceptors (Lipinski definition) is 5. The molecule has 0 aliphatic heterocycles. The van der Waals surface area contributed by atoms with Crippen molar-refractivity contribution in [1.82, 2.24) is 14.7 Å². The molecule has 0 unspecified atom stereocenters. The molecule has 0 spiro atoms. The Morgan fingerprint density at radius 2 is 2.13 bits per heavy atom. The summed E-state index contributed by atoms with van der Waals surface area (Å²) in [6.45, 7) is 3.70. The van der Waals surface area contributed by atoms with Crippen LogP contribution in [0.25, 0.3) is 4.96 Å². The number of carbonyl (C=O) groups is 2. The van der Waals surface area contributed by atoms with Crippen molar-refractivity contribution in [2.45, 2.75) is 39.2 Å². The molecule has 7 nitrogen and oxygen atoms in total. The lowest BCUT2D eigenvalue weighted by atomic mass is 10.0. The molecule has 3 rings (SSSR count). The van der Waals surface area contributed by atoms with E-state index in [9.17, 15) is 19.5 Å². The molecule has 0 radical (unpaired) electrons. The van der Waals surface area contributed by atoms with E-state index in [4.69, 9.17) is 0 Å². The van der Waals surface area contributed by atoms with E-state index in [1.165, 1.54) is 21.9 Å². The van der Waals surface area contributed by atoms with E-state index in [1.807, 2.05) is 6.92 Å². The Balaban J connectivity index is 1.92. The first-order chi connectivity index (χ1) is 10.9. The fourth-order valence-corrected chi connectivity index (χ4v) is 3.94. The van der Waals surface area contributed by atoms with Crippen molar-refractivity contribution < 1.29 is 14.7 Å². The van der Waals surface area contributed by atoms with Crippen LogP contribution in [0.5, 0.6) is 0 Å². The molecule has 23 heavy (non-hydrogen) atoms. The van der Waals surface area contributed by atoms with Crippen LogP contribution in [-0.2, 0) is 4.79 Å². The maximum Gasteiger partial charge on any atom is 0.308 e. The number of nitrogens with zero attached hydrogens (tertiary/aromatic N) is 2. The van der Waals surface area contributed by atoms with Crippen LogP contribution in [-0.4, -0.2) is 32.4 Å². The van der Waals surface area contributed by atoms with E-state index in [0.29, 0.717) is 17.8 Å². The van der Waals surface area contributed by atoms with E-state index in [0.717, 1.165) is 17.0 Å². The Bertz CT molecular complexity index is 854. The summed E-state index contributed by atoms with van der Waals surface area (Å²) in [5.41, 5.74) is 0.292. The second kappa shape index (κ2) is 5.77. The predicted octanol–water partition coefficient (Wildman–Crippen LogP) is 1.36. The van der Waals surface area contributed by atoms with Crippen LogP contribution in [0.2, 0.25) is 0 Å². The first-order valence-corrected chi connectivity index (χ1v) is 8.23. The number of aliphatic carboxylic acids is 1. The highest BCUT2D eigenvalue weighted by Crippen LogP contribution is 2.26. The van der Waals surface area contributed by atoms with Gasteiger partial charge in [-0.2, -0.15) is 0 Å². The van der Waals surface area contributed by atoms with Gasteiger partial charge in [0.15, 0.2) is 4.96 Å². The fraction of sp³-hybridized carbons (Fsp3) is 0.467. The standard InChI is InChI=1S/C15H17N3O4S/c1-7-8(2)23-15-16-6-10(13(20)18(7)15)12(19)17-11-5-3-4-9(11)14(21)22/h6,9,11H,3-5H2,1-2H3,(H,17,19)(H,21,22)/t9-,11+/m0/s1. The topological polar surface area (TPSA) is 101 Å². The third kappa shape index (κ3) is 2.63. The molecule has 0 aromatic carbocycles. The summed E-state index contributed by atoms with van der Waals surface area (Å²) in [4.78, 5) is 41.8. The number of rotatable bonds is 3. The van der Waals surface area contributed by atoms with E-state index >= 15 is 0 Å². The monoisotopic (exact) mass is 335 g/mol. The van der Waals surface area contributed by atoms with Gasteiger partial charge in [-0.3, -0.25) is 18.8 Å². The smallest absolute Gasteiger partial charge is 0.308 e. The highest BCUT2D eigenvalue weighted by atomic mass is 32.1. The molecule has 2 heterocycles. The molecule has 1 amide bonds. The summed E-state index contributed by atoms with van der Waals surface area (Å²) in [6, 6.07) is -0.439. The molecule has 8 heteroatoms. The van der Waals surface area contributed by atoms with Crippen molar-refractivity contribution in [3.8, 4) is 0 Å². The first kappa shape index (κ1) is 15.7. The summed E-state index contributed by atoms with van der Waals surface area (Å²) in [5.74, 6) is -2.07. The summed E-state index contributed by atoms with van der Waals surface area (Å²) < 4.78 is 1.43. The predicted molar refractivity (Wildman–Crippen MR) is 85.0 cm³/mol. The number of carbonyl (C=O) groups excluding carboxylic acids is 1. The molecule has 2 aromatic rings. The number of carboxylic acids is 1. The number of carboxylic acid groups (broad SMARTS) is 1. The highest BCUT2D eigenvalue weighted by Gasteiger charge is 2.34.